The van der Waals surface area contributed by atoms with E-state index in [9.17, 15) is 9.59 Å². The van der Waals surface area contributed by atoms with Crippen molar-refractivity contribution in [2.75, 3.05) is 159 Å². The van der Waals surface area contributed by atoms with Gasteiger partial charge in [-0.05, 0) is 112 Å². The summed E-state index contributed by atoms with van der Waals surface area (Å²) in [6.07, 6.45) is 2.48. The molecule has 12 aromatic carbocycles. The van der Waals surface area contributed by atoms with Crippen LogP contribution in [-0.4, -0.2) is 244 Å². The molecule has 24 rings (SSSR count). The Bertz CT molecular complexity index is 5410. The van der Waals surface area contributed by atoms with Gasteiger partial charge in [-0.3, -0.25) is 0 Å². The fraction of sp³-hybridized carbons (Fsp3) is 0.367. The zero-order valence-electron chi connectivity index (χ0n) is 68.3. The lowest BCUT2D eigenvalue weighted by molar-refractivity contribution is 0.0463. The summed E-state index contributed by atoms with van der Waals surface area (Å²) < 4.78 is 130. The second kappa shape index (κ2) is 39.2. The Morgan fingerprint density at radius 2 is 0.500 bits per heavy atom. The molecule has 26 nitrogen and oxygen atoms in total. The summed E-state index contributed by atoms with van der Waals surface area (Å²) in [7, 11) is 0. The molecule has 124 heavy (non-hydrogen) atoms. The van der Waals surface area contributed by atoms with Gasteiger partial charge in [-0.25, -0.2) is 9.59 Å². The molecule has 644 valence electrons. The van der Waals surface area contributed by atoms with Gasteiger partial charge in [0.25, 0.3) is 0 Å². The standard InChI is InChI=1S/2C17H16O5.4C16H16O4/c18-17(22-10-14-8-20-14)15-5-11-3-1-2-4-12(11)6-16(15)21-9-13-7-19-13;18-17(22-10-13-8-20-13)15-6-5-11-3-1-2-4-14(11)16(15)21-9-12-7-19-12;1-3-13-14(15(5-1)19-9-11-7-17-11)4-2-6-16(13)20-10-12-8-18-12;1-2-11-6-12(17-7-13-8-18-13)4-5-15(11)16(3-1)20-10-14-9-19-14;1-2-11-4-5-12(17-7-13-8-18-13)6-15(11)16(3-1)20-10-14-9-19-14;1-2-4-14-13(3-1)15(19-9-11-7-17-11)5-6-16(14)20-10-12-8-18-12/h1-6,13-14H,7-10H2;1-6,12-13H,7-10H2;1-6,11-12H,7-10H2;2*1-6,13-14H,7-10H2;1-6,11-12H,7-10H2. The number of epoxide rings is 12. The minimum absolute atomic E-state index is 0.0497. The van der Waals surface area contributed by atoms with Crippen LogP contribution in [0.25, 0.3) is 64.6 Å². The maximum Gasteiger partial charge on any atom is 0.342 e. The normalized spacial score (nSPS) is 23.2. The lowest BCUT2D eigenvalue weighted by atomic mass is 10.1. The van der Waals surface area contributed by atoms with E-state index < -0.39 is 0 Å². The van der Waals surface area contributed by atoms with E-state index in [-0.39, 0.29) is 98.4 Å². The molecule has 12 atom stereocenters. The Hall–Kier alpha value is -11.3. The largest absolute Gasteiger partial charge is 0.491 e. The van der Waals surface area contributed by atoms with Crippen molar-refractivity contribution in [3.63, 3.8) is 0 Å². The summed E-state index contributed by atoms with van der Waals surface area (Å²) in [5, 5.41) is 12.7. The number of ether oxygens (including phenoxy) is 24. The first-order valence-corrected chi connectivity index (χ1v) is 42.3. The number of esters is 2. The first kappa shape index (κ1) is 82.3. The highest BCUT2D eigenvalue weighted by Gasteiger charge is 2.33. The van der Waals surface area contributed by atoms with Crippen LogP contribution < -0.4 is 47.4 Å². The molecule has 0 aliphatic carbocycles. The summed E-state index contributed by atoms with van der Waals surface area (Å²) in [5.74, 6) is 7.37. The smallest absolute Gasteiger partial charge is 0.342 e. The monoisotopic (exact) mass is 1690 g/mol. The average Bonchev–Trinajstić information content (AvgIpc) is 1.28. The van der Waals surface area contributed by atoms with Gasteiger partial charge < -0.3 is 114 Å². The summed E-state index contributed by atoms with van der Waals surface area (Å²) >= 11 is 0. The van der Waals surface area contributed by atoms with Gasteiger partial charge in [0.2, 0.25) is 0 Å². The second-order valence-electron chi connectivity index (χ2n) is 31.6. The van der Waals surface area contributed by atoms with Crippen LogP contribution in [0.1, 0.15) is 20.7 Å². The summed E-state index contributed by atoms with van der Waals surface area (Å²) in [4.78, 5) is 24.6. The molecule has 12 fully saturated rings. The highest BCUT2D eigenvalue weighted by Crippen LogP contribution is 2.39. The number of hydrogen-bond donors (Lipinski definition) is 0. The predicted octanol–water partition coefficient (Wildman–Crippen LogP) is 13.9. The highest BCUT2D eigenvalue weighted by molar-refractivity contribution is 6.02. The molecule has 0 radical (unpaired) electrons. The number of hydrogen-bond acceptors (Lipinski definition) is 26. The van der Waals surface area contributed by atoms with Crippen molar-refractivity contribution in [2.24, 2.45) is 0 Å². The van der Waals surface area contributed by atoms with Crippen LogP contribution in [0.5, 0.6) is 57.5 Å². The number of carbonyl (C=O) groups excluding carboxylic acids is 2. The van der Waals surface area contributed by atoms with Crippen LogP contribution in [0.4, 0.5) is 0 Å². The molecule has 0 spiro atoms. The fourth-order valence-electron chi connectivity index (χ4n) is 13.2. The van der Waals surface area contributed by atoms with Crippen molar-refractivity contribution >= 4 is 76.6 Å². The fourth-order valence-corrected chi connectivity index (χ4v) is 13.2. The number of carbonyl (C=O) groups is 2. The van der Waals surface area contributed by atoms with Crippen molar-refractivity contribution in [2.45, 2.75) is 73.2 Å². The molecular weight excluding hydrogens is 1590 g/mol. The van der Waals surface area contributed by atoms with E-state index in [1.165, 1.54) is 0 Å². The van der Waals surface area contributed by atoms with Gasteiger partial charge in [0, 0.05) is 37.7 Å². The van der Waals surface area contributed by atoms with E-state index in [0.29, 0.717) is 115 Å². The van der Waals surface area contributed by atoms with Crippen LogP contribution in [0.15, 0.2) is 218 Å². The van der Waals surface area contributed by atoms with Gasteiger partial charge in [0.05, 0.1) is 79.3 Å². The van der Waals surface area contributed by atoms with Gasteiger partial charge in [-0.15, -0.1) is 0 Å². The zero-order valence-corrected chi connectivity index (χ0v) is 68.3. The Balaban J connectivity index is 0.0000000976. The Morgan fingerprint density at radius 1 is 0.210 bits per heavy atom. The number of rotatable bonds is 36. The van der Waals surface area contributed by atoms with Crippen molar-refractivity contribution in [3.8, 4) is 57.5 Å². The van der Waals surface area contributed by atoms with Crippen LogP contribution in [-0.2, 0) is 66.3 Å². The number of benzene rings is 12. The molecular formula is C98H96O26. The molecule has 0 bridgehead atoms. The summed E-state index contributed by atoms with van der Waals surface area (Å²) in [6, 6.07) is 71.4. The first-order chi connectivity index (χ1) is 61.2. The second-order valence-corrected chi connectivity index (χ2v) is 31.6. The van der Waals surface area contributed by atoms with E-state index in [4.69, 9.17) is 114 Å². The SMILES string of the molecule is O=C(OCC1CO1)c1cc2ccccc2cc1OCC1CO1.O=C(OCC1CO1)c1ccc2ccccc2c1OCC1CO1.c1cc(OCC2CO2)c2cc(OCC3CO3)ccc2c1.c1cc(OCC2CO2)c2ccc(OCC3CO3)cc2c1.c1cc(OCC2CO2)c2cccc(OCC3CO3)c2c1.c1ccc2c(OCC3CO3)ccc(OCC3CO3)c2c1. The van der Waals surface area contributed by atoms with Crippen LogP contribution >= 0.6 is 0 Å². The van der Waals surface area contributed by atoms with Gasteiger partial charge in [-0.2, -0.15) is 0 Å². The van der Waals surface area contributed by atoms with Crippen LogP contribution in [0.3, 0.4) is 0 Å². The van der Waals surface area contributed by atoms with Crippen molar-refractivity contribution in [3.05, 3.63) is 230 Å². The van der Waals surface area contributed by atoms with Gasteiger partial charge in [0.15, 0.2) is 0 Å². The third kappa shape index (κ3) is 24.4. The van der Waals surface area contributed by atoms with Crippen molar-refractivity contribution < 1.29 is 123 Å². The lowest BCUT2D eigenvalue weighted by Gasteiger charge is -2.13. The summed E-state index contributed by atoms with van der Waals surface area (Å²) in [6.45, 7) is 15.6. The first-order valence-electron chi connectivity index (χ1n) is 42.3. The Labute approximate surface area is 715 Å². The van der Waals surface area contributed by atoms with E-state index in [2.05, 4.69) is 42.5 Å². The molecule has 0 aromatic heterocycles. The molecule has 12 unspecified atom stereocenters. The molecule has 0 amide bonds. The van der Waals surface area contributed by atoms with Crippen LogP contribution in [0, 0.1) is 0 Å². The highest BCUT2D eigenvalue weighted by atomic mass is 16.7. The van der Waals surface area contributed by atoms with Gasteiger partial charge >= 0.3 is 11.9 Å². The van der Waals surface area contributed by atoms with Gasteiger partial charge in [0.1, 0.15) is 221 Å². The molecule has 12 aliphatic rings. The molecule has 12 aromatic rings. The van der Waals surface area contributed by atoms with Crippen LogP contribution in [0.2, 0.25) is 0 Å². The topological polar surface area (TPSA) is 295 Å². The third-order valence-electron chi connectivity index (χ3n) is 21.4. The lowest BCUT2D eigenvalue weighted by Crippen LogP contribution is -2.13. The quantitative estimate of drug-likeness (QED) is 0.0260. The maximum absolute atomic E-state index is 12.3. The summed E-state index contributed by atoms with van der Waals surface area (Å²) in [5.41, 5.74) is 0.889. The van der Waals surface area contributed by atoms with Gasteiger partial charge in [-0.1, -0.05) is 133 Å². The molecule has 12 saturated heterocycles. The Morgan fingerprint density at radius 3 is 0.944 bits per heavy atom. The molecule has 0 saturated carbocycles. The molecule has 12 heterocycles. The molecule has 26 heteroatoms. The van der Waals surface area contributed by atoms with E-state index in [0.717, 1.165) is 163 Å². The Kier molecular flexibility index (Phi) is 26.0. The molecule has 0 N–H and O–H groups in total. The van der Waals surface area contributed by atoms with E-state index in [1.807, 2.05) is 170 Å². The third-order valence-corrected chi connectivity index (χ3v) is 21.4. The predicted molar refractivity (Wildman–Crippen MR) is 456 cm³/mol. The van der Waals surface area contributed by atoms with Crippen molar-refractivity contribution in [1.82, 2.24) is 0 Å². The maximum atomic E-state index is 12.3. The van der Waals surface area contributed by atoms with E-state index in [1.54, 1.807) is 6.07 Å². The number of fused-ring (bicyclic) bond motifs is 6. The minimum atomic E-state index is -0.382. The van der Waals surface area contributed by atoms with E-state index >= 15 is 0 Å². The minimum Gasteiger partial charge on any atom is -0.491 e. The average molecular weight is 1690 g/mol. The van der Waals surface area contributed by atoms with Crippen molar-refractivity contribution in [1.29, 1.82) is 0 Å². The molecule has 12 aliphatic heterocycles. The zero-order chi connectivity index (χ0) is 83.3.